The zero-order chi connectivity index (χ0) is 17.1. The molecule has 3 heteroatoms. The van der Waals surface area contributed by atoms with Gasteiger partial charge in [-0.15, -0.1) is 0 Å². The van der Waals surface area contributed by atoms with Gasteiger partial charge in [-0.05, 0) is 68.4 Å². The minimum atomic E-state index is -0.514. The van der Waals surface area contributed by atoms with E-state index in [0.717, 1.165) is 30.6 Å². The van der Waals surface area contributed by atoms with Crippen molar-refractivity contribution in [2.24, 2.45) is 0 Å². The molecule has 0 aromatic heterocycles. The number of benzene rings is 2. The van der Waals surface area contributed by atoms with E-state index in [9.17, 15) is 4.79 Å². The third kappa shape index (κ3) is 3.45. The molecule has 126 valence electrons. The van der Waals surface area contributed by atoms with E-state index in [0.29, 0.717) is 0 Å². The molecule has 1 aliphatic rings. The number of rotatable bonds is 4. The van der Waals surface area contributed by atoms with Crippen LogP contribution in [0.5, 0.6) is 5.75 Å². The van der Waals surface area contributed by atoms with Gasteiger partial charge in [0.2, 0.25) is 0 Å². The summed E-state index contributed by atoms with van der Waals surface area (Å²) in [5.41, 5.74) is 4.84. The number of nitrogens with one attached hydrogen (secondary N) is 1. The van der Waals surface area contributed by atoms with E-state index in [-0.39, 0.29) is 11.9 Å². The zero-order valence-electron chi connectivity index (χ0n) is 14.6. The highest BCUT2D eigenvalue weighted by molar-refractivity contribution is 5.81. The van der Waals surface area contributed by atoms with Crippen LogP contribution in [0, 0.1) is 13.8 Å². The molecule has 2 unspecified atom stereocenters. The van der Waals surface area contributed by atoms with Crippen LogP contribution in [0.4, 0.5) is 0 Å². The van der Waals surface area contributed by atoms with Gasteiger partial charge in [0.05, 0.1) is 6.04 Å². The van der Waals surface area contributed by atoms with Crippen molar-refractivity contribution in [3.05, 3.63) is 64.7 Å². The van der Waals surface area contributed by atoms with Gasteiger partial charge < -0.3 is 10.1 Å². The number of aryl methyl sites for hydroxylation is 2. The summed E-state index contributed by atoms with van der Waals surface area (Å²) in [6, 6.07) is 14.4. The third-order valence-electron chi connectivity index (χ3n) is 4.91. The molecule has 0 saturated heterocycles. The van der Waals surface area contributed by atoms with Gasteiger partial charge in [-0.2, -0.15) is 0 Å². The van der Waals surface area contributed by atoms with Crippen molar-refractivity contribution in [2.45, 2.75) is 52.2 Å². The smallest absolute Gasteiger partial charge is 0.261 e. The highest BCUT2D eigenvalue weighted by Crippen LogP contribution is 2.29. The number of hydrogen-bond donors (Lipinski definition) is 1. The standard InChI is InChI=1S/C21H25NO2/c1-14-8-6-13-20(15(14)2)24-16(3)21(23)22-19-12-7-10-17-9-4-5-11-18(17)19/h4-6,8-9,11,13,16,19H,7,10,12H2,1-3H3,(H,22,23). The first-order valence-corrected chi connectivity index (χ1v) is 8.67. The first-order valence-electron chi connectivity index (χ1n) is 8.67. The van der Waals surface area contributed by atoms with Gasteiger partial charge >= 0.3 is 0 Å². The summed E-state index contributed by atoms with van der Waals surface area (Å²) in [6.07, 6.45) is 2.67. The Hall–Kier alpha value is -2.29. The van der Waals surface area contributed by atoms with Crippen LogP contribution in [-0.4, -0.2) is 12.0 Å². The lowest BCUT2D eigenvalue weighted by atomic mass is 9.87. The normalized spacial score (nSPS) is 17.7. The van der Waals surface area contributed by atoms with Gasteiger partial charge in [0.1, 0.15) is 5.75 Å². The summed E-state index contributed by atoms with van der Waals surface area (Å²) in [7, 11) is 0. The molecule has 0 saturated carbocycles. The molecule has 0 heterocycles. The molecule has 0 spiro atoms. The molecule has 1 amide bonds. The van der Waals surface area contributed by atoms with Gasteiger partial charge in [-0.3, -0.25) is 4.79 Å². The van der Waals surface area contributed by atoms with Crippen molar-refractivity contribution in [3.63, 3.8) is 0 Å². The Morgan fingerprint density at radius 2 is 1.96 bits per heavy atom. The minimum absolute atomic E-state index is 0.0578. The summed E-state index contributed by atoms with van der Waals surface area (Å²) in [5, 5.41) is 3.17. The van der Waals surface area contributed by atoms with Crippen LogP contribution in [0.1, 0.15) is 48.1 Å². The highest BCUT2D eigenvalue weighted by atomic mass is 16.5. The average molecular weight is 323 g/mol. The molecule has 1 N–H and O–H groups in total. The lowest BCUT2D eigenvalue weighted by Gasteiger charge is -2.27. The fourth-order valence-corrected chi connectivity index (χ4v) is 3.29. The van der Waals surface area contributed by atoms with Crippen molar-refractivity contribution in [2.75, 3.05) is 0 Å². The highest BCUT2D eigenvalue weighted by Gasteiger charge is 2.24. The molecule has 2 aromatic rings. The van der Waals surface area contributed by atoms with E-state index in [1.807, 2.05) is 45.0 Å². The second-order valence-corrected chi connectivity index (χ2v) is 6.61. The lowest BCUT2D eigenvalue weighted by Crippen LogP contribution is -2.39. The Balaban J connectivity index is 1.68. The van der Waals surface area contributed by atoms with Crippen molar-refractivity contribution < 1.29 is 9.53 Å². The van der Waals surface area contributed by atoms with E-state index in [2.05, 4.69) is 23.5 Å². The van der Waals surface area contributed by atoms with Crippen LogP contribution >= 0.6 is 0 Å². The first kappa shape index (κ1) is 16.6. The Kier molecular flexibility index (Phi) is 4.89. The van der Waals surface area contributed by atoms with E-state index in [1.165, 1.54) is 16.7 Å². The van der Waals surface area contributed by atoms with Gasteiger partial charge in [0, 0.05) is 0 Å². The van der Waals surface area contributed by atoms with Crippen LogP contribution in [0.3, 0.4) is 0 Å². The number of amides is 1. The Morgan fingerprint density at radius 3 is 2.79 bits per heavy atom. The molecule has 0 bridgehead atoms. The molecule has 3 nitrogen and oxygen atoms in total. The Labute approximate surface area is 144 Å². The predicted octanol–water partition coefficient (Wildman–Crippen LogP) is 4.26. The summed E-state index contributed by atoms with van der Waals surface area (Å²) in [5.74, 6) is 0.722. The quantitative estimate of drug-likeness (QED) is 0.913. The second-order valence-electron chi connectivity index (χ2n) is 6.61. The van der Waals surface area contributed by atoms with E-state index in [4.69, 9.17) is 4.74 Å². The van der Waals surface area contributed by atoms with Crippen LogP contribution in [-0.2, 0) is 11.2 Å². The average Bonchev–Trinajstić information content (AvgIpc) is 2.59. The fraction of sp³-hybridized carbons (Fsp3) is 0.381. The SMILES string of the molecule is Cc1cccc(OC(C)C(=O)NC2CCCc3ccccc32)c1C. The fourth-order valence-electron chi connectivity index (χ4n) is 3.29. The van der Waals surface area contributed by atoms with Crippen molar-refractivity contribution >= 4 is 5.91 Å². The van der Waals surface area contributed by atoms with E-state index >= 15 is 0 Å². The predicted molar refractivity (Wildman–Crippen MR) is 96.3 cm³/mol. The van der Waals surface area contributed by atoms with Crippen molar-refractivity contribution in [1.29, 1.82) is 0 Å². The van der Waals surface area contributed by atoms with Gasteiger partial charge in [0.25, 0.3) is 5.91 Å². The summed E-state index contributed by atoms with van der Waals surface area (Å²) in [4.78, 5) is 12.6. The van der Waals surface area contributed by atoms with Gasteiger partial charge in [0.15, 0.2) is 6.10 Å². The van der Waals surface area contributed by atoms with Crippen LogP contribution in [0.25, 0.3) is 0 Å². The second kappa shape index (κ2) is 7.08. The maximum atomic E-state index is 12.6. The van der Waals surface area contributed by atoms with E-state index in [1.54, 1.807) is 0 Å². The van der Waals surface area contributed by atoms with Crippen molar-refractivity contribution in [1.82, 2.24) is 5.32 Å². The largest absolute Gasteiger partial charge is 0.481 e. The van der Waals surface area contributed by atoms with Crippen LogP contribution in [0.15, 0.2) is 42.5 Å². The monoisotopic (exact) mass is 323 g/mol. The summed E-state index contributed by atoms with van der Waals surface area (Å²) >= 11 is 0. The summed E-state index contributed by atoms with van der Waals surface area (Å²) in [6.45, 7) is 5.88. The molecular weight excluding hydrogens is 298 g/mol. The number of carbonyl (C=O) groups excluding carboxylic acids is 1. The van der Waals surface area contributed by atoms with Gasteiger partial charge in [-0.1, -0.05) is 36.4 Å². The number of fused-ring (bicyclic) bond motifs is 1. The van der Waals surface area contributed by atoms with Crippen LogP contribution in [0.2, 0.25) is 0 Å². The third-order valence-corrected chi connectivity index (χ3v) is 4.91. The molecule has 2 atom stereocenters. The van der Waals surface area contributed by atoms with Crippen LogP contribution < -0.4 is 10.1 Å². The molecule has 24 heavy (non-hydrogen) atoms. The number of hydrogen-bond acceptors (Lipinski definition) is 2. The topological polar surface area (TPSA) is 38.3 Å². The number of ether oxygens (including phenoxy) is 1. The maximum Gasteiger partial charge on any atom is 0.261 e. The molecule has 1 aliphatic carbocycles. The zero-order valence-corrected chi connectivity index (χ0v) is 14.6. The molecule has 2 aromatic carbocycles. The Morgan fingerprint density at radius 1 is 1.17 bits per heavy atom. The van der Waals surface area contributed by atoms with Gasteiger partial charge in [-0.25, -0.2) is 0 Å². The lowest BCUT2D eigenvalue weighted by molar-refractivity contribution is -0.128. The molecule has 0 radical (unpaired) electrons. The Bertz CT molecular complexity index is 738. The van der Waals surface area contributed by atoms with Crippen molar-refractivity contribution in [3.8, 4) is 5.75 Å². The number of carbonyl (C=O) groups is 1. The first-order chi connectivity index (χ1) is 11.6. The molecular formula is C21H25NO2. The summed E-state index contributed by atoms with van der Waals surface area (Å²) < 4.78 is 5.91. The maximum absolute atomic E-state index is 12.6. The molecule has 0 aliphatic heterocycles. The minimum Gasteiger partial charge on any atom is -0.481 e. The molecule has 3 rings (SSSR count). The molecule has 0 fully saturated rings. The van der Waals surface area contributed by atoms with E-state index < -0.39 is 6.10 Å².